The van der Waals surface area contributed by atoms with E-state index in [4.69, 9.17) is 16.3 Å². The molecule has 0 saturated carbocycles. The molecule has 0 atom stereocenters. The van der Waals surface area contributed by atoms with Crippen LogP contribution < -0.4 is 10.1 Å². The molecule has 0 bridgehead atoms. The van der Waals surface area contributed by atoms with Crippen LogP contribution in [-0.4, -0.2) is 6.61 Å². The molecule has 2 aromatic rings. The van der Waals surface area contributed by atoms with Crippen LogP contribution in [0.1, 0.15) is 18.2 Å². The van der Waals surface area contributed by atoms with Crippen LogP contribution in [-0.2, 0) is 6.54 Å². The van der Waals surface area contributed by atoms with Gasteiger partial charge in [-0.15, -0.1) is 11.3 Å². The highest BCUT2D eigenvalue weighted by Crippen LogP contribution is 2.21. The van der Waals surface area contributed by atoms with E-state index >= 15 is 0 Å². The smallest absolute Gasteiger partial charge is 0.119 e. The number of halogens is 1. The van der Waals surface area contributed by atoms with Gasteiger partial charge in [0.05, 0.1) is 11.6 Å². The molecular formula is C14H16ClNOS. The molecule has 18 heavy (non-hydrogen) atoms. The Labute approximate surface area is 117 Å². The van der Waals surface area contributed by atoms with Crippen LogP contribution in [0, 0.1) is 0 Å². The van der Waals surface area contributed by atoms with Crippen LogP contribution in [0.5, 0.6) is 5.75 Å². The van der Waals surface area contributed by atoms with Crippen molar-refractivity contribution in [3.05, 3.63) is 45.6 Å². The molecule has 1 aromatic carbocycles. The molecule has 1 N–H and O–H groups in total. The number of ether oxygens (including phenoxy) is 1. The first kappa shape index (κ1) is 13.2. The third-order valence-electron chi connectivity index (χ3n) is 2.42. The number of rotatable bonds is 6. The van der Waals surface area contributed by atoms with E-state index in [0.717, 1.165) is 36.0 Å². The van der Waals surface area contributed by atoms with Gasteiger partial charge in [-0.1, -0.05) is 18.5 Å². The Morgan fingerprint density at radius 3 is 2.67 bits per heavy atom. The molecule has 4 heteroatoms. The molecule has 1 aromatic heterocycles. The van der Waals surface area contributed by atoms with Crippen LogP contribution in [0.3, 0.4) is 0 Å². The summed E-state index contributed by atoms with van der Waals surface area (Å²) in [6, 6.07) is 10.0. The van der Waals surface area contributed by atoms with E-state index in [1.54, 1.807) is 11.3 Å². The second kappa shape index (κ2) is 6.66. The summed E-state index contributed by atoms with van der Waals surface area (Å²) in [5.74, 6) is 0.918. The van der Waals surface area contributed by atoms with E-state index in [1.165, 1.54) is 4.88 Å². The van der Waals surface area contributed by atoms with Gasteiger partial charge in [-0.3, -0.25) is 0 Å². The van der Waals surface area contributed by atoms with E-state index in [9.17, 15) is 0 Å². The van der Waals surface area contributed by atoms with Crippen LogP contribution in [0.15, 0.2) is 35.7 Å². The summed E-state index contributed by atoms with van der Waals surface area (Å²) in [5, 5.41) is 6.10. The molecular weight excluding hydrogens is 266 g/mol. The van der Waals surface area contributed by atoms with Gasteiger partial charge < -0.3 is 10.1 Å². The summed E-state index contributed by atoms with van der Waals surface area (Å²) in [7, 11) is 0. The molecule has 0 fully saturated rings. The van der Waals surface area contributed by atoms with Gasteiger partial charge in [-0.25, -0.2) is 0 Å². The van der Waals surface area contributed by atoms with Gasteiger partial charge in [0.15, 0.2) is 0 Å². The predicted octanol–water partition coefficient (Wildman–Crippen LogP) is 4.80. The molecule has 1 heterocycles. The SMILES string of the molecule is CCCOc1ccc(NCc2cc(Cl)cs2)cc1. The topological polar surface area (TPSA) is 21.3 Å². The Morgan fingerprint density at radius 2 is 2.06 bits per heavy atom. The Morgan fingerprint density at radius 1 is 1.28 bits per heavy atom. The largest absolute Gasteiger partial charge is 0.494 e. The number of benzene rings is 1. The summed E-state index contributed by atoms with van der Waals surface area (Å²) in [5.41, 5.74) is 1.09. The van der Waals surface area contributed by atoms with Gasteiger partial charge in [0.1, 0.15) is 5.75 Å². The normalized spacial score (nSPS) is 10.3. The van der Waals surface area contributed by atoms with Crippen molar-refractivity contribution in [2.75, 3.05) is 11.9 Å². The first-order chi connectivity index (χ1) is 8.78. The lowest BCUT2D eigenvalue weighted by Gasteiger charge is -2.07. The molecule has 2 rings (SSSR count). The van der Waals surface area contributed by atoms with E-state index in [1.807, 2.05) is 35.7 Å². The monoisotopic (exact) mass is 281 g/mol. The molecule has 96 valence electrons. The van der Waals surface area contributed by atoms with Crippen LogP contribution >= 0.6 is 22.9 Å². The van der Waals surface area contributed by atoms with Gasteiger partial charge in [0, 0.05) is 22.5 Å². The van der Waals surface area contributed by atoms with Crippen molar-refractivity contribution in [3.63, 3.8) is 0 Å². The van der Waals surface area contributed by atoms with E-state index in [2.05, 4.69) is 12.2 Å². The van der Waals surface area contributed by atoms with Crippen LogP contribution in [0.2, 0.25) is 5.02 Å². The average Bonchev–Trinajstić information content (AvgIpc) is 2.81. The van der Waals surface area contributed by atoms with Crippen LogP contribution in [0.4, 0.5) is 5.69 Å². The summed E-state index contributed by atoms with van der Waals surface area (Å²) in [6.07, 6.45) is 1.03. The number of nitrogens with one attached hydrogen (secondary N) is 1. The fourth-order valence-electron chi connectivity index (χ4n) is 1.52. The average molecular weight is 282 g/mol. The van der Waals surface area contributed by atoms with Gasteiger partial charge >= 0.3 is 0 Å². The number of hydrogen-bond donors (Lipinski definition) is 1. The van der Waals surface area contributed by atoms with Gasteiger partial charge in [0.2, 0.25) is 0 Å². The zero-order valence-corrected chi connectivity index (χ0v) is 11.9. The highest BCUT2D eigenvalue weighted by molar-refractivity contribution is 7.10. The maximum Gasteiger partial charge on any atom is 0.119 e. The third kappa shape index (κ3) is 3.93. The summed E-state index contributed by atoms with van der Waals surface area (Å²) < 4.78 is 5.53. The molecule has 0 saturated heterocycles. The lowest BCUT2D eigenvalue weighted by molar-refractivity contribution is 0.317. The van der Waals surface area contributed by atoms with E-state index < -0.39 is 0 Å². The predicted molar refractivity (Wildman–Crippen MR) is 78.9 cm³/mol. The van der Waals surface area contributed by atoms with Crippen molar-refractivity contribution >= 4 is 28.6 Å². The van der Waals surface area contributed by atoms with Crippen LogP contribution in [0.25, 0.3) is 0 Å². The lowest BCUT2D eigenvalue weighted by Crippen LogP contribution is -1.98. The van der Waals surface area contributed by atoms with Gasteiger partial charge in [-0.2, -0.15) is 0 Å². The van der Waals surface area contributed by atoms with E-state index in [0.29, 0.717) is 0 Å². The Bertz CT molecular complexity index is 481. The Balaban J connectivity index is 1.86. The van der Waals surface area contributed by atoms with Crippen molar-refractivity contribution in [1.29, 1.82) is 0 Å². The minimum atomic E-state index is 0.764. The van der Waals surface area contributed by atoms with Crippen molar-refractivity contribution < 1.29 is 4.74 Å². The fraction of sp³-hybridized carbons (Fsp3) is 0.286. The Hall–Kier alpha value is -1.19. The maximum atomic E-state index is 5.88. The minimum Gasteiger partial charge on any atom is -0.494 e. The van der Waals surface area contributed by atoms with Crippen molar-refractivity contribution in [2.24, 2.45) is 0 Å². The third-order valence-corrected chi connectivity index (χ3v) is 3.70. The van der Waals surface area contributed by atoms with Gasteiger partial charge in [0.25, 0.3) is 0 Å². The van der Waals surface area contributed by atoms with Crippen molar-refractivity contribution in [1.82, 2.24) is 0 Å². The summed E-state index contributed by atoms with van der Waals surface area (Å²) in [4.78, 5) is 1.23. The summed E-state index contributed by atoms with van der Waals surface area (Å²) >= 11 is 7.54. The second-order valence-electron chi connectivity index (χ2n) is 3.96. The highest BCUT2D eigenvalue weighted by atomic mass is 35.5. The Kier molecular flexibility index (Phi) is 4.90. The van der Waals surface area contributed by atoms with Crippen molar-refractivity contribution in [3.8, 4) is 5.75 Å². The first-order valence-corrected chi connectivity index (χ1v) is 7.23. The molecule has 0 aliphatic heterocycles. The molecule has 2 nitrogen and oxygen atoms in total. The fourth-order valence-corrected chi connectivity index (χ4v) is 2.54. The van der Waals surface area contributed by atoms with Crippen molar-refractivity contribution in [2.45, 2.75) is 19.9 Å². The molecule has 0 aliphatic rings. The minimum absolute atomic E-state index is 0.764. The number of anilines is 1. The quantitative estimate of drug-likeness (QED) is 0.821. The molecule has 0 radical (unpaired) electrons. The maximum absolute atomic E-state index is 5.88. The molecule has 0 aliphatic carbocycles. The summed E-state index contributed by atoms with van der Waals surface area (Å²) in [6.45, 7) is 3.66. The molecule has 0 unspecified atom stereocenters. The second-order valence-corrected chi connectivity index (χ2v) is 5.39. The van der Waals surface area contributed by atoms with E-state index in [-0.39, 0.29) is 0 Å². The zero-order valence-electron chi connectivity index (χ0n) is 10.3. The molecule has 0 amide bonds. The first-order valence-electron chi connectivity index (χ1n) is 5.97. The highest BCUT2D eigenvalue weighted by Gasteiger charge is 1.98. The standard InChI is InChI=1S/C14H16ClNOS/c1-2-7-17-13-5-3-12(4-6-13)16-9-14-8-11(15)10-18-14/h3-6,8,10,16H,2,7,9H2,1H3. The number of thiophene rings is 1. The van der Waals surface area contributed by atoms with Gasteiger partial charge in [-0.05, 0) is 36.8 Å². The zero-order chi connectivity index (χ0) is 12.8. The lowest BCUT2D eigenvalue weighted by atomic mass is 10.3. The number of hydrogen-bond acceptors (Lipinski definition) is 3. The molecule has 0 spiro atoms.